The SMILES string of the molecule is CC(OCc1ccccc1)C(NC(=O)Nc1cccc(Br)c1)C(=O)N1Cc2ccccc2C[C@@H]1CC(=O)O. The number of ether oxygens (including phenoxy) is 1. The van der Waals surface area contributed by atoms with Crippen LogP contribution in [0.3, 0.4) is 0 Å². The number of aliphatic carboxylic acids is 1. The van der Waals surface area contributed by atoms with Gasteiger partial charge in [0.1, 0.15) is 6.04 Å². The van der Waals surface area contributed by atoms with E-state index in [1.165, 1.54) is 0 Å². The summed E-state index contributed by atoms with van der Waals surface area (Å²) in [4.78, 5) is 40.2. The Labute approximate surface area is 230 Å². The van der Waals surface area contributed by atoms with E-state index in [-0.39, 0.29) is 19.6 Å². The summed E-state index contributed by atoms with van der Waals surface area (Å²) in [6.45, 7) is 2.24. The van der Waals surface area contributed by atoms with Gasteiger partial charge < -0.3 is 25.4 Å². The van der Waals surface area contributed by atoms with Crippen molar-refractivity contribution < 1.29 is 24.2 Å². The molecule has 1 aliphatic heterocycles. The number of fused-ring (bicyclic) bond motifs is 1. The van der Waals surface area contributed by atoms with E-state index >= 15 is 0 Å². The topological polar surface area (TPSA) is 108 Å². The third kappa shape index (κ3) is 7.20. The molecule has 198 valence electrons. The first kappa shape index (κ1) is 27.3. The lowest BCUT2D eigenvalue weighted by atomic mass is 9.91. The van der Waals surface area contributed by atoms with Gasteiger partial charge in [0.05, 0.1) is 19.1 Å². The first-order valence-corrected chi connectivity index (χ1v) is 13.2. The molecule has 4 rings (SSSR count). The minimum atomic E-state index is -1.05. The number of hydrogen-bond acceptors (Lipinski definition) is 4. The number of urea groups is 1. The largest absolute Gasteiger partial charge is 0.481 e. The van der Waals surface area contributed by atoms with Crippen molar-refractivity contribution in [2.75, 3.05) is 5.32 Å². The molecule has 0 aromatic heterocycles. The summed E-state index contributed by atoms with van der Waals surface area (Å²) >= 11 is 3.38. The predicted molar refractivity (Wildman–Crippen MR) is 148 cm³/mol. The number of nitrogens with one attached hydrogen (secondary N) is 2. The average Bonchev–Trinajstić information content (AvgIpc) is 2.90. The Balaban J connectivity index is 1.57. The maximum absolute atomic E-state index is 14.0. The Bertz CT molecular complexity index is 1290. The van der Waals surface area contributed by atoms with Crippen molar-refractivity contribution in [1.82, 2.24) is 10.2 Å². The number of carbonyl (C=O) groups excluding carboxylic acids is 2. The van der Waals surface area contributed by atoms with Crippen LogP contribution in [0.5, 0.6) is 0 Å². The fraction of sp³-hybridized carbons (Fsp3) is 0.276. The van der Waals surface area contributed by atoms with Gasteiger partial charge in [-0.25, -0.2) is 4.79 Å². The summed E-state index contributed by atoms with van der Waals surface area (Å²) in [6.07, 6.45) is -0.473. The Morgan fingerprint density at radius 2 is 1.74 bits per heavy atom. The molecule has 1 aliphatic rings. The second-order valence-electron chi connectivity index (χ2n) is 9.28. The summed E-state index contributed by atoms with van der Waals surface area (Å²) in [5.41, 5.74) is 3.46. The van der Waals surface area contributed by atoms with Crippen molar-refractivity contribution in [2.45, 2.75) is 51.1 Å². The molecule has 3 atom stereocenters. The number of amides is 3. The summed E-state index contributed by atoms with van der Waals surface area (Å²) in [7, 11) is 0. The van der Waals surface area contributed by atoms with Crippen LogP contribution in [0, 0.1) is 0 Å². The van der Waals surface area contributed by atoms with Gasteiger partial charge in [-0.2, -0.15) is 0 Å². The molecular formula is C29H30BrN3O5. The van der Waals surface area contributed by atoms with Crippen LogP contribution in [0.4, 0.5) is 10.5 Å². The number of carboxylic acids is 1. The summed E-state index contributed by atoms with van der Waals surface area (Å²) in [6, 6.07) is 22.2. The van der Waals surface area contributed by atoms with Gasteiger partial charge in [-0.05, 0) is 48.2 Å². The van der Waals surface area contributed by atoms with Crippen LogP contribution in [0.2, 0.25) is 0 Å². The van der Waals surface area contributed by atoms with Gasteiger partial charge in [-0.1, -0.05) is 76.6 Å². The van der Waals surface area contributed by atoms with Crippen LogP contribution in [0.1, 0.15) is 30.0 Å². The Hall–Kier alpha value is -3.69. The molecule has 2 unspecified atom stereocenters. The number of rotatable bonds is 9. The van der Waals surface area contributed by atoms with E-state index in [2.05, 4.69) is 26.6 Å². The smallest absolute Gasteiger partial charge is 0.319 e. The van der Waals surface area contributed by atoms with Crippen LogP contribution in [0.15, 0.2) is 83.3 Å². The van der Waals surface area contributed by atoms with Crippen LogP contribution < -0.4 is 10.6 Å². The van der Waals surface area contributed by atoms with Gasteiger partial charge in [0.2, 0.25) is 5.91 Å². The molecule has 0 spiro atoms. The van der Waals surface area contributed by atoms with E-state index in [9.17, 15) is 19.5 Å². The zero-order valence-electron chi connectivity index (χ0n) is 21.0. The van der Waals surface area contributed by atoms with Crippen molar-refractivity contribution in [1.29, 1.82) is 0 Å². The first-order valence-electron chi connectivity index (χ1n) is 12.4. The zero-order valence-corrected chi connectivity index (χ0v) is 22.6. The van der Waals surface area contributed by atoms with E-state index in [0.29, 0.717) is 12.1 Å². The van der Waals surface area contributed by atoms with Gasteiger partial charge >= 0.3 is 12.0 Å². The highest BCUT2D eigenvalue weighted by molar-refractivity contribution is 9.10. The summed E-state index contributed by atoms with van der Waals surface area (Å²) in [5, 5.41) is 15.1. The minimum absolute atomic E-state index is 0.198. The Kier molecular flexibility index (Phi) is 9.15. The molecule has 9 heteroatoms. The molecule has 3 aromatic carbocycles. The number of halogens is 1. The molecule has 8 nitrogen and oxygen atoms in total. The van der Waals surface area contributed by atoms with Gasteiger partial charge in [0.25, 0.3) is 0 Å². The van der Waals surface area contributed by atoms with Gasteiger partial charge in [-0.3, -0.25) is 9.59 Å². The van der Waals surface area contributed by atoms with E-state index < -0.39 is 36.1 Å². The van der Waals surface area contributed by atoms with Crippen molar-refractivity contribution in [3.8, 4) is 0 Å². The molecule has 0 radical (unpaired) electrons. The predicted octanol–water partition coefficient (Wildman–Crippen LogP) is 4.97. The lowest BCUT2D eigenvalue weighted by molar-refractivity contribution is -0.144. The van der Waals surface area contributed by atoms with E-state index in [1.54, 1.807) is 30.0 Å². The maximum atomic E-state index is 14.0. The molecule has 3 amide bonds. The first-order chi connectivity index (χ1) is 18.3. The van der Waals surface area contributed by atoms with Crippen LogP contribution in [-0.4, -0.2) is 46.1 Å². The number of carboxylic acid groups (broad SMARTS) is 1. The highest BCUT2D eigenvalue weighted by atomic mass is 79.9. The Morgan fingerprint density at radius 1 is 1.03 bits per heavy atom. The number of nitrogens with zero attached hydrogens (tertiary/aromatic N) is 1. The lowest BCUT2D eigenvalue weighted by Gasteiger charge is -2.39. The average molecular weight is 580 g/mol. The van der Waals surface area contributed by atoms with Crippen LogP contribution >= 0.6 is 15.9 Å². The molecule has 0 saturated heterocycles. The quantitative estimate of drug-likeness (QED) is 0.331. The van der Waals surface area contributed by atoms with Gasteiger partial charge in [0.15, 0.2) is 0 Å². The van der Waals surface area contributed by atoms with E-state index in [0.717, 1.165) is 21.2 Å². The van der Waals surface area contributed by atoms with Gasteiger partial charge in [0, 0.05) is 22.7 Å². The lowest BCUT2D eigenvalue weighted by Crippen LogP contribution is -2.58. The Morgan fingerprint density at radius 3 is 2.45 bits per heavy atom. The molecular weight excluding hydrogens is 550 g/mol. The standard InChI is InChI=1S/C29H30BrN3O5/c1-19(38-18-20-8-3-2-4-9-20)27(32-29(37)31-24-13-7-12-23(30)15-24)28(36)33-17-22-11-6-5-10-21(22)14-25(33)16-26(34)35/h2-13,15,19,25,27H,14,16-18H2,1H3,(H,34,35)(H2,31,32,37)/t19?,25-,27?/m1/s1. The molecule has 38 heavy (non-hydrogen) atoms. The number of hydrogen-bond donors (Lipinski definition) is 3. The molecule has 0 saturated carbocycles. The molecule has 3 N–H and O–H groups in total. The van der Waals surface area contributed by atoms with Crippen molar-refractivity contribution in [3.63, 3.8) is 0 Å². The molecule has 0 aliphatic carbocycles. The molecule has 3 aromatic rings. The van der Waals surface area contributed by atoms with Crippen molar-refractivity contribution >= 4 is 39.5 Å². The highest BCUT2D eigenvalue weighted by Gasteiger charge is 2.38. The van der Waals surface area contributed by atoms with Crippen LogP contribution in [-0.2, 0) is 33.9 Å². The normalized spacial score (nSPS) is 16.2. The fourth-order valence-electron chi connectivity index (χ4n) is 4.56. The summed E-state index contributed by atoms with van der Waals surface area (Å²) < 4.78 is 6.84. The monoisotopic (exact) mass is 579 g/mol. The van der Waals surface area contributed by atoms with E-state index in [1.807, 2.05) is 60.7 Å². The zero-order chi connectivity index (χ0) is 27.1. The number of carbonyl (C=O) groups is 3. The fourth-order valence-corrected chi connectivity index (χ4v) is 4.96. The minimum Gasteiger partial charge on any atom is -0.481 e. The second kappa shape index (κ2) is 12.7. The van der Waals surface area contributed by atoms with Crippen LogP contribution in [0.25, 0.3) is 0 Å². The molecule has 0 bridgehead atoms. The molecule has 1 heterocycles. The van der Waals surface area contributed by atoms with Gasteiger partial charge in [-0.15, -0.1) is 0 Å². The number of anilines is 1. The maximum Gasteiger partial charge on any atom is 0.319 e. The number of benzene rings is 3. The summed E-state index contributed by atoms with van der Waals surface area (Å²) in [5.74, 6) is -1.38. The van der Waals surface area contributed by atoms with E-state index in [4.69, 9.17) is 4.74 Å². The third-order valence-electron chi connectivity index (χ3n) is 6.51. The van der Waals surface area contributed by atoms with Crippen molar-refractivity contribution in [2.24, 2.45) is 0 Å². The third-order valence-corrected chi connectivity index (χ3v) is 7.00. The van der Waals surface area contributed by atoms with Crippen molar-refractivity contribution in [3.05, 3.63) is 100 Å². The molecule has 0 fully saturated rings. The highest BCUT2D eigenvalue weighted by Crippen LogP contribution is 2.26. The second-order valence-corrected chi connectivity index (χ2v) is 10.2.